The van der Waals surface area contributed by atoms with Gasteiger partial charge in [0.25, 0.3) is 11.6 Å². The summed E-state index contributed by atoms with van der Waals surface area (Å²) >= 11 is 0. The second kappa shape index (κ2) is 8.72. The van der Waals surface area contributed by atoms with Gasteiger partial charge < -0.3 is 15.8 Å². The number of nitrogens with two attached hydrogens (primary N) is 1. The lowest BCUT2D eigenvalue weighted by Gasteiger charge is -2.20. The first-order chi connectivity index (χ1) is 13.5. The topological polar surface area (TPSA) is 125 Å². The molecular weight excluding hydrogens is 374 g/mol. The predicted octanol–water partition coefficient (Wildman–Crippen LogP) is 2.73. The number of methoxy groups -OCH3 is 1. The smallest absolute Gasteiger partial charge is 0.269 e. The molecule has 0 fully saturated rings. The zero-order valence-electron chi connectivity index (χ0n) is 16.9. The Balaban J connectivity index is 2.23. The monoisotopic (exact) mass is 399 g/mol. The Hall–Kier alpha value is -3.42. The lowest BCUT2D eigenvalue weighted by Crippen LogP contribution is -2.45. The minimum Gasteiger partial charge on any atom is -0.496 e. The Morgan fingerprint density at radius 1 is 1.17 bits per heavy atom. The number of non-ortho nitro benzene ring substituents is 1. The van der Waals surface area contributed by atoms with Gasteiger partial charge in [-0.15, -0.1) is 0 Å². The molecule has 0 aliphatic carbocycles. The summed E-state index contributed by atoms with van der Waals surface area (Å²) in [6.45, 7) is 6.20. The fourth-order valence-electron chi connectivity index (χ4n) is 2.84. The molecule has 0 saturated carbocycles. The minimum absolute atomic E-state index is 0.0357. The van der Waals surface area contributed by atoms with Crippen LogP contribution in [0.25, 0.3) is 0 Å². The maximum Gasteiger partial charge on any atom is 0.269 e. The number of benzene rings is 2. The van der Waals surface area contributed by atoms with Crippen LogP contribution in [0.1, 0.15) is 42.3 Å². The molecule has 0 spiro atoms. The molecule has 29 heavy (non-hydrogen) atoms. The second-order valence-electron chi connectivity index (χ2n) is 7.71. The first-order valence-corrected chi connectivity index (χ1v) is 9.05. The summed E-state index contributed by atoms with van der Waals surface area (Å²) in [5.41, 5.74) is 7.11. The quantitative estimate of drug-likeness (QED) is 0.547. The molecule has 0 unspecified atom stereocenters. The van der Waals surface area contributed by atoms with Crippen molar-refractivity contribution in [3.05, 3.63) is 69.3 Å². The third kappa shape index (κ3) is 5.54. The molecule has 1 atom stereocenters. The average molecular weight is 399 g/mol. The minimum atomic E-state index is -1.05. The zero-order chi connectivity index (χ0) is 21.8. The van der Waals surface area contributed by atoms with Gasteiger partial charge in [0.15, 0.2) is 0 Å². The van der Waals surface area contributed by atoms with Crippen molar-refractivity contribution in [2.45, 2.75) is 38.6 Å². The van der Waals surface area contributed by atoms with Crippen molar-refractivity contribution in [2.24, 2.45) is 5.73 Å². The van der Waals surface area contributed by atoms with Crippen molar-refractivity contribution in [2.75, 3.05) is 7.11 Å². The summed E-state index contributed by atoms with van der Waals surface area (Å²) < 4.78 is 5.21. The van der Waals surface area contributed by atoms with E-state index in [1.54, 1.807) is 12.1 Å². The Bertz CT molecular complexity index is 917. The number of ether oxygens (including phenoxy) is 1. The predicted molar refractivity (Wildman–Crippen MR) is 109 cm³/mol. The number of primary amides is 1. The summed E-state index contributed by atoms with van der Waals surface area (Å²) in [6.07, 6.45) is -0.0357. The Kier molecular flexibility index (Phi) is 6.58. The van der Waals surface area contributed by atoms with E-state index in [1.807, 2.05) is 12.1 Å². The van der Waals surface area contributed by atoms with E-state index >= 15 is 0 Å². The maximum atomic E-state index is 12.6. The van der Waals surface area contributed by atoms with Crippen LogP contribution in [0.5, 0.6) is 5.75 Å². The zero-order valence-corrected chi connectivity index (χ0v) is 16.9. The summed E-state index contributed by atoms with van der Waals surface area (Å²) in [6, 6.07) is 10.1. The van der Waals surface area contributed by atoms with E-state index in [0.717, 1.165) is 5.56 Å². The molecule has 0 aliphatic rings. The third-order valence-corrected chi connectivity index (χ3v) is 4.56. The van der Waals surface area contributed by atoms with Gasteiger partial charge >= 0.3 is 0 Å². The van der Waals surface area contributed by atoms with Crippen LogP contribution in [-0.4, -0.2) is 29.9 Å². The van der Waals surface area contributed by atoms with Crippen molar-refractivity contribution in [3.8, 4) is 5.75 Å². The normalized spacial score (nSPS) is 12.1. The van der Waals surface area contributed by atoms with E-state index in [9.17, 15) is 19.7 Å². The van der Waals surface area contributed by atoms with Crippen LogP contribution in [0.15, 0.2) is 42.5 Å². The van der Waals surface area contributed by atoms with Crippen molar-refractivity contribution in [3.63, 3.8) is 0 Å². The van der Waals surface area contributed by atoms with E-state index in [0.29, 0.717) is 16.9 Å². The van der Waals surface area contributed by atoms with E-state index in [1.165, 1.54) is 25.3 Å². The molecule has 0 aromatic heterocycles. The van der Waals surface area contributed by atoms with Gasteiger partial charge in [-0.2, -0.15) is 0 Å². The van der Waals surface area contributed by atoms with E-state index in [4.69, 9.17) is 10.5 Å². The SMILES string of the molecule is COc1ccc([N+](=O)[O-])cc1C[C@@H](NC(=O)c1ccc(C(C)(C)C)cc1)C(N)=O. The first-order valence-electron chi connectivity index (χ1n) is 9.05. The van der Waals surface area contributed by atoms with Crippen LogP contribution in [0.4, 0.5) is 5.69 Å². The van der Waals surface area contributed by atoms with Crippen LogP contribution in [0.2, 0.25) is 0 Å². The Labute approximate surface area is 169 Å². The van der Waals surface area contributed by atoms with Gasteiger partial charge in [0.1, 0.15) is 11.8 Å². The van der Waals surface area contributed by atoms with Crippen LogP contribution >= 0.6 is 0 Å². The maximum absolute atomic E-state index is 12.6. The molecule has 2 amide bonds. The number of nitrogens with zero attached hydrogens (tertiary/aromatic N) is 1. The van der Waals surface area contributed by atoms with Crippen molar-refractivity contribution in [1.29, 1.82) is 0 Å². The highest BCUT2D eigenvalue weighted by molar-refractivity contribution is 5.97. The number of nitro groups is 1. The molecule has 0 aliphatic heterocycles. The summed E-state index contributed by atoms with van der Waals surface area (Å²) in [4.78, 5) is 35.0. The molecule has 3 N–H and O–H groups in total. The van der Waals surface area contributed by atoms with Crippen LogP contribution in [-0.2, 0) is 16.6 Å². The molecule has 2 aromatic carbocycles. The number of hydrogen-bond donors (Lipinski definition) is 2. The van der Waals surface area contributed by atoms with Gasteiger partial charge in [0, 0.05) is 29.7 Å². The average Bonchev–Trinajstić information content (AvgIpc) is 2.66. The van der Waals surface area contributed by atoms with Crippen molar-refractivity contribution < 1.29 is 19.2 Å². The lowest BCUT2D eigenvalue weighted by atomic mass is 9.86. The summed E-state index contributed by atoms with van der Waals surface area (Å²) in [5.74, 6) is -0.845. The first kappa shape index (κ1) is 21.9. The number of nitrogens with one attached hydrogen (secondary N) is 1. The molecule has 0 saturated heterocycles. The lowest BCUT2D eigenvalue weighted by molar-refractivity contribution is -0.384. The van der Waals surface area contributed by atoms with Crippen LogP contribution in [0, 0.1) is 10.1 Å². The van der Waals surface area contributed by atoms with E-state index in [-0.39, 0.29) is 17.5 Å². The molecule has 0 heterocycles. The Morgan fingerprint density at radius 3 is 2.28 bits per heavy atom. The van der Waals surface area contributed by atoms with Gasteiger partial charge in [-0.05, 0) is 29.2 Å². The van der Waals surface area contributed by atoms with E-state index in [2.05, 4.69) is 26.1 Å². The standard InChI is InChI=1S/C21H25N3O5/c1-21(2,3)15-7-5-13(6-8-15)20(26)23-17(19(22)25)12-14-11-16(24(27)28)9-10-18(14)29-4/h5-11,17H,12H2,1-4H3,(H2,22,25)(H,23,26)/t17-/m1/s1. The molecule has 154 valence electrons. The highest BCUT2D eigenvalue weighted by Crippen LogP contribution is 2.25. The van der Waals surface area contributed by atoms with Crippen molar-refractivity contribution >= 4 is 17.5 Å². The van der Waals surface area contributed by atoms with Gasteiger partial charge in [-0.3, -0.25) is 19.7 Å². The van der Waals surface area contributed by atoms with Gasteiger partial charge in [0.05, 0.1) is 12.0 Å². The third-order valence-electron chi connectivity index (χ3n) is 4.56. The van der Waals surface area contributed by atoms with Crippen LogP contribution in [0.3, 0.4) is 0 Å². The fourth-order valence-corrected chi connectivity index (χ4v) is 2.84. The molecular formula is C21H25N3O5. The highest BCUT2D eigenvalue weighted by Gasteiger charge is 2.23. The van der Waals surface area contributed by atoms with E-state index < -0.39 is 22.8 Å². The number of amides is 2. The highest BCUT2D eigenvalue weighted by atomic mass is 16.6. The Morgan fingerprint density at radius 2 is 1.79 bits per heavy atom. The molecule has 2 aromatic rings. The number of hydrogen-bond acceptors (Lipinski definition) is 5. The molecule has 8 nitrogen and oxygen atoms in total. The molecule has 8 heteroatoms. The molecule has 0 radical (unpaired) electrons. The molecule has 2 rings (SSSR count). The fraction of sp³-hybridized carbons (Fsp3) is 0.333. The second-order valence-corrected chi connectivity index (χ2v) is 7.71. The van der Waals surface area contributed by atoms with Crippen molar-refractivity contribution in [1.82, 2.24) is 5.32 Å². The number of nitro benzene ring substituents is 1. The summed E-state index contributed by atoms with van der Waals surface area (Å²) in [5, 5.41) is 13.6. The van der Waals surface area contributed by atoms with Crippen LogP contribution < -0.4 is 15.8 Å². The number of rotatable bonds is 7. The molecule has 0 bridgehead atoms. The number of carbonyl (C=O) groups is 2. The van der Waals surface area contributed by atoms with Gasteiger partial charge in [-0.1, -0.05) is 32.9 Å². The summed E-state index contributed by atoms with van der Waals surface area (Å²) in [7, 11) is 1.42. The largest absolute Gasteiger partial charge is 0.496 e. The number of carbonyl (C=O) groups excluding carboxylic acids is 2. The van der Waals surface area contributed by atoms with Gasteiger partial charge in [-0.25, -0.2) is 0 Å². The van der Waals surface area contributed by atoms with Gasteiger partial charge in [0.2, 0.25) is 5.91 Å².